The van der Waals surface area contributed by atoms with Gasteiger partial charge in [-0.15, -0.1) is 0 Å². The average Bonchev–Trinajstić information content (AvgIpc) is 2.55. The molecular formula is C15H14F2N2O3S. The van der Waals surface area contributed by atoms with E-state index >= 15 is 0 Å². The Hall–Kier alpha value is -2.35. The SMILES string of the molecule is CC(NC(=O)c1ccc(S(=O)(=O)C(F)F)cc1)c1ccccn1. The molecule has 1 amide bonds. The predicted octanol–water partition coefficient (Wildman–Crippen LogP) is 2.57. The third kappa shape index (κ3) is 3.89. The van der Waals surface area contributed by atoms with Crippen LogP contribution in [0.25, 0.3) is 0 Å². The third-order valence-corrected chi connectivity index (χ3v) is 4.56. The number of benzene rings is 1. The maximum absolute atomic E-state index is 12.4. The van der Waals surface area contributed by atoms with Crippen LogP contribution < -0.4 is 5.32 Å². The molecule has 1 atom stereocenters. The van der Waals surface area contributed by atoms with E-state index in [9.17, 15) is 22.0 Å². The quantitative estimate of drug-likeness (QED) is 0.908. The van der Waals surface area contributed by atoms with Crippen molar-refractivity contribution in [3.8, 4) is 0 Å². The van der Waals surface area contributed by atoms with Gasteiger partial charge >= 0.3 is 5.76 Å². The van der Waals surface area contributed by atoms with Crippen LogP contribution in [0.2, 0.25) is 0 Å². The Balaban J connectivity index is 2.12. The van der Waals surface area contributed by atoms with Crippen LogP contribution in [0.15, 0.2) is 53.6 Å². The van der Waals surface area contributed by atoms with Gasteiger partial charge in [0.1, 0.15) is 0 Å². The lowest BCUT2D eigenvalue weighted by atomic mass is 10.1. The van der Waals surface area contributed by atoms with E-state index in [1.54, 1.807) is 31.3 Å². The molecule has 5 nitrogen and oxygen atoms in total. The van der Waals surface area contributed by atoms with Crippen molar-refractivity contribution in [3.63, 3.8) is 0 Å². The molecule has 8 heteroatoms. The molecule has 1 unspecified atom stereocenters. The summed E-state index contributed by atoms with van der Waals surface area (Å²) in [6.45, 7) is 1.75. The number of rotatable bonds is 5. The average molecular weight is 340 g/mol. The standard InChI is InChI=1S/C15H14F2N2O3S/c1-10(13-4-2-3-9-18-13)19-14(20)11-5-7-12(8-6-11)23(21,22)15(16)17/h2-10,15H,1H3,(H,19,20). The van der Waals surface area contributed by atoms with Gasteiger partial charge in [0.25, 0.3) is 5.91 Å². The number of carbonyl (C=O) groups excluding carboxylic acids is 1. The Morgan fingerprint density at radius 2 is 1.78 bits per heavy atom. The highest BCUT2D eigenvalue weighted by molar-refractivity contribution is 7.91. The van der Waals surface area contributed by atoms with Crippen LogP contribution in [0.5, 0.6) is 0 Å². The summed E-state index contributed by atoms with van der Waals surface area (Å²) < 4.78 is 47.5. The predicted molar refractivity (Wildman–Crippen MR) is 79.8 cm³/mol. The second-order valence-corrected chi connectivity index (χ2v) is 6.70. The van der Waals surface area contributed by atoms with Crippen LogP contribution >= 0.6 is 0 Å². The molecular weight excluding hydrogens is 326 g/mol. The van der Waals surface area contributed by atoms with E-state index in [1.807, 2.05) is 0 Å². The molecule has 0 aliphatic heterocycles. The Labute approximate surface area is 132 Å². The molecule has 1 aromatic heterocycles. The van der Waals surface area contributed by atoms with Crippen molar-refractivity contribution in [2.45, 2.75) is 23.6 Å². The molecule has 0 radical (unpaired) electrons. The van der Waals surface area contributed by atoms with Gasteiger partial charge in [-0.25, -0.2) is 8.42 Å². The van der Waals surface area contributed by atoms with Gasteiger partial charge in [0.2, 0.25) is 9.84 Å². The smallest absolute Gasteiger partial charge is 0.341 e. The summed E-state index contributed by atoms with van der Waals surface area (Å²) in [6.07, 6.45) is 1.60. The topological polar surface area (TPSA) is 76.1 Å². The monoisotopic (exact) mass is 340 g/mol. The summed E-state index contributed by atoms with van der Waals surface area (Å²) >= 11 is 0. The summed E-state index contributed by atoms with van der Waals surface area (Å²) in [4.78, 5) is 15.7. The van der Waals surface area contributed by atoms with Crippen molar-refractivity contribution in [2.75, 3.05) is 0 Å². The molecule has 0 bridgehead atoms. The molecule has 1 aromatic carbocycles. The summed E-state index contributed by atoms with van der Waals surface area (Å²) in [5.41, 5.74) is 0.832. The van der Waals surface area contributed by atoms with Crippen LogP contribution in [0.3, 0.4) is 0 Å². The number of halogens is 2. The van der Waals surface area contributed by atoms with Crippen molar-refractivity contribution in [1.82, 2.24) is 10.3 Å². The molecule has 23 heavy (non-hydrogen) atoms. The zero-order valence-corrected chi connectivity index (χ0v) is 12.9. The first kappa shape index (κ1) is 17.0. The van der Waals surface area contributed by atoms with Crippen LogP contribution in [0.1, 0.15) is 29.0 Å². The maximum Gasteiger partial charge on any atom is 0.341 e. The number of carbonyl (C=O) groups is 1. The number of pyridine rings is 1. The summed E-state index contributed by atoms with van der Waals surface area (Å²) in [6, 6.07) is 9.29. The van der Waals surface area contributed by atoms with E-state index in [0.717, 1.165) is 12.1 Å². The van der Waals surface area contributed by atoms with Crippen LogP contribution in [0, 0.1) is 0 Å². The molecule has 0 spiro atoms. The third-order valence-electron chi connectivity index (χ3n) is 3.16. The van der Waals surface area contributed by atoms with Crippen LogP contribution in [-0.4, -0.2) is 25.1 Å². The minimum absolute atomic E-state index is 0.168. The maximum atomic E-state index is 12.4. The molecule has 0 saturated heterocycles. The fourth-order valence-corrected chi connectivity index (χ4v) is 2.61. The first-order valence-corrected chi connectivity index (χ1v) is 8.21. The highest BCUT2D eigenvalue weighted by atomic mass is 32.2. The molecule has 2 rings (SSSR count). The Bertz CT molecular complexity index is 778. The minimum Gasteiger partial charge on any atom is -0.344 e. The molecule has 1 N–H and O–H groups in total. The van der Waals surface area contributed by atoms with E-state index in [4.69, 9.17) is 0 Å². The van der Waals surface area contributed by atoms with Gasteiger partial charge in [-0.3, -0.25) is 9.78 Å². The number of aromatic nitrogens is 1. The van der Waals surface area contributed by atoms with E-state index in [0.29, 0.717) is 5.69 Å². The zero-order chi connectivity index (χ0) is 17.0. The zero-order valence-electron chi connectivity index (χ0n) is 12.1. The normalized spacial score (nSPS) is 12.9. The number of hydrogen-bond acceptors (Lipinski definition) is 4. The summed E-state index contributed by atoms with van der Waals surface area (Å²) in [5.74, 6) is -3.95. The molecule has 1 heterocycles. The van der Waals surface area contributed by atoms with Gasteiger partial charge in [0.05, 0.1) is 16.6 Å². The lowest BCUT2D eigenvalue weighted by Crippen LogP contribution is -2.27. The second-order valence-electron chi connectivity index (χ2n) is 4.78. The van der Waals surface area contributed by atoms with Crippen molar-refractivity contribution in [3.05, 3.63) is 59.9 Å². The van der Waals surface area contributed by atoms with Crippen LogP contribution in [0.4, 0.5) is 8.78 Å². The highest BCUT2D eigenvalue weighted by Gasteiger charge is 2.26. The number of alkyl halides is 2. The van der Waals surface area contributed by atoms with Gasteiger partial charge < -0.3 is 5.32 Å². The molecule has 122 valence electrons. The van der Waals surface area contributed by atoms with Crippen molar-refractivity contribution >= 4 is 15.7 Å². The van der Waals surface area contributed by atoms with Gasteiger partial charge in [0, 0.05) is 11.8 Å². The summed E-state index contributed by atoms with van der Waals surface area (Å²) in [7, 11) is -4.66. The lowest BCUT2D eigenvalue weighted by Gasteiger charge is -2.13. The Morgan fingerprint density at radius 1 is 1.13 bits per heavy atom. The van der Waals surface area contributed by atoms with Gasteiger partial charge in [-0.05, 0) is 43.3 Å². The number of hydrogen-bond donors (Lipinski definition) is 1. The molecule has 0 aliphatic carbocycles. The van der Waals surface area contributed by atoms with E-state index in [2.05, 4.69) is 10.3 Å². The fourth-order valence-electron chi connectivity index (χ4n) is 1.88. The molecule has 2 aromatic rings. The van der Waals surface area contributed by atoms with Crippen molar-refractivity contribution < 1.29 is 22.0 Å². The van der Waals surface area contributed by atoms with Crippen LogP contribution in [-0.2, 0) is 9.84 Å². The first-order valence-electron chi connectivity index (χ1n) is 6.66. The molecule has 0 saturated carbocycles. The lowest BCUT2D eigenvalue weighted by molar-refractivity contribution is 0.0939. The number of nitrogens with one attached hydrogen (secondary N) is 1. The number of nitrogens with zero attached hydrogens (tertiary/aromatic N) is 1. The Morgan fingerprint density at radius 3 is 2.30 bits per heavy atom. The Kier molecular flexibility index (Phi) is 5.05. The number of amides is 1. The largest absolute Gasteiger partial charge is 0.344 e. The van der Waals surface area contributed by atoms with Crippen molar-refractivity contribution in [2.24, 2.45) is 0 Å². The van der Waals surface area contributed by atoms with Gasteiger partial charge in [-0.2, -0.15) is 8.78 Å². The van der Waals surface area contributed by atoms with E-state index < -0.39 is 26.4 Å². The van der Waals surface area contributed by atoms with E-state index in [-0.39, 0.29) is 11.6 Å². The minimum atomic E-state index is -4.66. The molecule has 0 fully saturated rings. The fraction of sp³-hybridized carbons (Fsp3) is 0.200. The highest BCUT2D eigenvalue weighted by Crippen LogP contribution is 2.19. The van der Waals surface area contributed by atoms with Gasteiger partial charge in [0.15, 0.2) is 0 Å². The summed E-state index contributed by atoms with van der Waals surface area (Å²) in [5, 5.41) is 2.69. The van der Waals surface area contributed by atoms with Crippen molar-refractivity contribution in [1.29, 1.82) is 0 Å². The second kappa shape index (κ2) is 6.82. The molecule has 0 aliphatic rings. The van der Waals surface area contributed by atoms with E-state index in [1.165, 1.54) is 12.1 Å². The number of sulfone groups is 1. The van der Waals surface area contributed by atoms with Gasteiger partial charge in [-0.1, -0.05) is 6.07 Å². The first-order chi connectivity index (χ1) is 10.8.